The number of likely N-dealkylation sites (tertiary alicyclic amines) is 1. The number of carbonyl (C=O) groups is 1. The molecule has 0 bridgehead atoms. The highest BCUT2D eigenvalue weighted by Gasteiger charge is 2.23. The Bertz CT molecular complexity index is 1530. The van der Waals surface area contributed by atoms with E-state index in [4.69, 9.17) is 14.7 Å². The highest BCUT2D eigenvalue weighted by Crippen LogP contribution is 2.39. The Balaban J connectivity index is 1.23. The predicted octanol–water partition coefficient (Wildman–Crippen LogP) is 6.61. The Morgan fingerprint density at radius 3 is 2.82 bits per heavy atom. The molecule has 0 atom stereocenters. The first-order valence-electron chi connectivity index (χ1n) is 12.2. The summed E-state index contributed by atoms with van der Waals surface area (Å²) in [7, 11) is 0. The van der Waals surface area contributed by atoms with E-state index >= 15 is 0 Å². The van der Waals surface area contributed by atoms with Crippen LogP contribution >= 0.6 is 34.4 Å². The molecular formula is C27H24N6O2S3. The van der Waals surface area contributed by atoms with Crippen LogP contribution in [-0.4, -0.2) is 50.8 Å². The number of pyridine rings is 1. The van der Waals surface area contributed by atoms with E-state index in [1.54, 1.807) is 29.0 Å². The first-order chi connectivity index (χ1) is 18.7. The van der Waals surface area contributed by atoms with Crippen molar-refractivity contribution in [3.63, 3.8) is 0 Å². The van der Waals surface area contributed by atoms with Gasteiger partial charge in [-0.1, -0.05) is 30.0 Å². The van der Waals surface area contributed by atoms with E-state index in [0.717, 1.165) is 68.9 Å². The number of thiazole rings is 1. The van der Waals surface area contributed by atoms with E-state index in [9.17, 15) is 4.79 Å². The van der Waals surface area contributed by atoms with E-state index in [-0.39, 0.29) is 0 Å². The molecule has 1 aromatic carbocycles. The van der Waals surface area contributed by atoms with Crippen molar-refractivity contribution in [2.45, 2.75) is 28.7 Å². The molecule has 6 rings (SSSR count). The zero-order valence-electron chi connectivity index (χ0n) is 20.3. The van der Waals surface area contributed by atoms with Crippen molar-refractivity contribution in [3.05, 3.63) is 71.4 Å². The van der Waals surface area contributed by atoms with Gasteiger partial charge in [0.2, 0.25) is 0 Å². The second kappa shape index (κ2) is 11.6. The summed E-state index contributed by atoms with van der Waals surface area (Å²) in [5.41, 5.74) is 1.09. The molecule has 1 aliphatic heterocycles. The number of nitrogens with one attached hydrogen (secondary N) is 1. The van der Waals surface area contributed by atoms with Gasteiger partial charge in [-0.25, -0.2) is 19.9 Å². The van der Waals surface area contributed by atoms with Crippen LogP contribution in [0.15, 0.2) is 75.7 Å². The molecule has 5 aromatic rings. The molecule has 1 saturated heterocycles. The molecule has 1 fully saturated rings. The van der Waals surface area contributed by atoms with Crippen LogP contribution in [0.1, 0.15) is 24.5 Å². The number of hydrogen-bond donors (Lipinski definition) is 1. The number of aldehydes is 1. The molecular weight excluding hydrogens is 537 g/mol. The summed E-state index contributed by atoms with van der Waals surface area (Å²) >= 11 is 4.70. The maximum absolute atomic E-state index is 10.8. The molecule has 192 valence electrons. The number of nitrogens with zero attached hydrogens (tertiary/aromatic N) is 5. The average Bonchev–Trinajstić information content (AvgIpc) is 3.62. The minimum atomic E-state index is 0.401. The third-order valence-electron chi connectivity index (χ3n) is 6.32. The molecule has 0 spiro atoms. The van der Waals surface area contributed by atoms with Gasteiger partial charge in [0.25, 0.3) is 0 Å². The van der Waals surface area contributed by atoms with Gasteiger partial charge in [-0.15, -0.1) is 22.7 Å². The fourth-order valence-corrected chi connectivity index (χ4v) is 6.84. The van der Waals surface area contributed by atoms with Crippen LogP contribution < -0.4 is 10.1 Å². The molecule has 0 radical (unpaired) electrons. The van der Waals surface area contributed by atoms with Gasteiger partial charge in [0.05, 0.1) is 12.2 Å². The molecule has 38 heavy (non-hydrogen) atoms. The largest absolute Gasteiger partial charge is 0.453 e. The third-order valence-corrected chi connectivity index (χ3v) is 8.90. The summed E-state index contributed by atoms with van der Waals surface area (Å²) in [6.07, 6.45) is 6.40. The van der Waals surface area contributed by atoms with Crippen molar-refractivity contribution < 1.29 is 9.53 Å². The lowest BCUT2D eigenvalue weighted by Crippen LogP contribution is -2.34. The number of benzene rings is 1. The quantitative estimate of drug-likeness (QED) is 0.158. The van der Waals surface area contributed by atoms with Gasteiger partial charge in [-0.2, -0.15) is 0 Å². The van der Waals surface area contributed by atoms with Crippen molar-refractivity contribution in [3.8, 4) is 11.5 Å². The summed E-state index contributed by atoms with van der Waals surface area (Å²) in [5, 5.41) is 10.2. The van der Waals surface area contributed by atoms with Crippen LogP contribution in [0.5, 0.6) is 11.5 Å². The van der Waals surface area contributed by atoms with Gasteiger partial charge in [0.15, 0.2) is 16.7 Å². The highest BCUT2D eigenvalue weighted by atomic mass is 32.2. The zero-order valence-corrected chi connectivity index (χ0v) is 22.8. The molecule has 1 N–H and O–H groups in total. The van der Waals surface area contributed by atoms with Gasteiger partial charge >= 0.3 is 0 Å². The lowest BCUT2D eigenvalue weighted by atomic mass is 9.94. The second-order valence-electron chi connectivity index (χ2n) is 8.80. The van der Waals surface area contributed by atoms with Crippen LogP contribution in [0.3, 0.4) is 0 Å². The number of ether oxygens (including phenoxy) is 1. The maximum atomic E-state index is 10.8. The normalized spacial score (nSPS) is 14.5. The standard InChI is InChI=1S/C27H24N6O2S3/c34-12-11-33-9-6-18(7-10-33)22-16-37-27(31-22)32-24-23(35-19-4-2-1-3-5-19)14-20(15-28-24)38-26-21-8-13-36-25(21)29-17-30-26/h1-5,8,12-18H,6-7,9-11H2,(H,28,31,32). The Labute approximate surface area is 232 Å². The van der Waals surface area contributed by atoms with Crippen molar-refractivity contribution >= 4 is 61.9 Å². The molecule has 0 aliphatic carbocycles. The van der Waals surface area contributed by atoms with Crippen LogP contribution in [0, 0.1) is 0 Å². The first kappa shape index (κ1) is 24.9. The minimum Gasteiger partial charge on any atom is -0.453 e. The Hall–Kier alpha value is -3.38. The maximum Gasteiger partial charge on any atom is 0.188 e. The smallest absolute Gasteiger partial charge is 0.188 e. The van der Waals surface area contributed by atoms with Gasteiger partial charge in [-0.3, -0.25) is 4.90 Å². The van der Waals surface area contributed by atoms with E-state index in [1.807, 2.05) is 54.0 Å². The summed E-state index contributed by atoms with van der Waals surface area (Å²) in [6.45, 7) is 2.35. The zero-order chi connectivity index (χ0) is 25.7. The number of rotatable bonds is 9. The number of anilines is 2. The van der Waals surface area contributed by atoms with E-state index < -0.39 is 0 Å². The number of piperidine rings is 1. The number of carbonyl (C=O) groups excluding carboxylic acids is 1. The van der Waals surface area contributed by atoms with Gasteiger partial charge in [0.1, 0.15) is 28.2 Å². The fraction of sp³-hybridized carbons (Fsp3) is 0.222. The SMILES string of the molecule is O=CCN1CCC(c2csc(Nc3ncc(Sc4ncnc5sccc45)cc3Oc3ccccc3)n2)CC1. The molecule has 11 heteroatoms. The van der Waals surface area contributed by atoms with Gasteiger partial charge in [-0.05, 0) is 49.5 Å². The lowest BCUT2D eigenvalue weighted by molar-refractivity contribution is -0.109. The molecule has 4 aromatic heterocycles. The van der Waals surface area contributed by atoms with E-state index in [1.165, 1.54) is 11.8 Å². The molecule has 8 nitrogen and oxygen atoms in total. The van der Waals surface area contributed by atoms with Crippen molar-refractivity contribution in [2.24, 2.45) is 0 Å². The number of aromatic nitrogens is 4. The van der Waals surface area contributed by atoms with Crippen LogP contribution in [0.2, 0.25) is 0 Å². The summed E-state index contributed by atoms with van der Waals surface area (Å²) in [4.78, 5) is 33.3. The monoisotopic (exact) mass is 560 g/mol. The minimum absolute atomic E-state index is 0.401. The molecule has 5 heterocycles. The van der Waals surface area contributed by atoms with Crippen molar-refractivity contribution in [1.29, 1.82) is 0 Å². The van der Waals surface area contributed by atoms with E-state index in [0.29, 0.717) is 24.0 Å². The molecule has 0 unspecified atom stereocenters. The Morgan fingerprint density at radius 1 is 1.11 bits per heavy atom. The van der Waals surface area contributed by atoms with Gasteiger partial charge in [0, 0.05) is 33.8 Å². The third kappa shape index (κ3) is 5.70. The summed E-state index contributed by atoms with van der Waals surface area (Å²) in [5.74, 6) is 2.33. The average molecular weight is 561 g/mol. The fourth-order valence-electron chi connectivity index (χ4n) is 4.38. The van der Waals surface area contributed by atoms with Crippen molar-refractivity contribution in [2.75, 3.05) is 25.0 Å². The number of thiophene rings is 1. The number of hydrogen-bond acceptors (Lipinski definition) is 11. The summed E-state index contributed by atoms with van der Waals surface area (Å²) < 4.78 is 6.26. The van der Waals surface area contributed by atoms with Gasteiger partial charge < -0.3 is 14.8 Å². The first-order valence-corrected chi connectivity index (χ1v) is 14.8. The Kier molecular flexibility index (Phi) is 7.59. The van der Waals surface area contributed by atoms with E-state index in [2.05, 4.69) is 25.6 Å². The van der Waals surface area contributed by atoms with Crippen LogP contribution in [0.25, 0.3) is 10.2 Å². The lowest BCUT2D eigenvalue weighted by Gasteiger charge is -2.29. The second-order valence-corrected chi connectivity index (χ2v) is 11.6. The summed E-state index contributed by atoms with van der Waals surface area (Å²) in [6, 6.07) is 13.7. The van der Waals surface area contributed by atoms with Crippen LogP contribution in [-0.2, 0) is 4.79 Å². The van der Waals surface area contributed by atoms with Crippen LogP contribution in [0.4, 0.5) is 10.9 Å². The topological polar surface area (TPSA) is 93.1 Å². The molecule has 0 saturated carbocycles. The molecule has 1 aliphatic rings. The predicted molar refractivity (Wildman–Crippen MR) is 152 cm³/mol. The number of fused-ring (bicyclic) bond motifs is 1. The van der Waals surface area contributed by atoms with Crippen molar-refractivity contribution in [1.82, 2.24) is 24.8 Å². The Morgan fingerprint density at radius 2 is 1.97 bits per heavy atom. The highest BCUT2D eigenvalue weighted by molar-refractivity contribution is 7.99. The number of para-hydroxylation sites is 1. The molecule has 0 amide bonds.